The Hall–Kier alpha value is -4.92. The van der Waals surface area contributed by atoms with E-state index in [1.54, 1.807) is 11.3 Å². The molecule has 2 heterocycles. The van der Waals surface area contributed by atoms with E-state index in [2.05, 4.69) is 133 Å². The average molecular weight is 527 g/mol. The molecule has 0 bridgehead atoms. The van der Waals surface area contributed by atoms with Crippen molar-refractivity contribution in [2.75, 3.05) is 0 Å². The Labute approximate surface area is 234 Å². The minimum atomic E-state index is 0.928. The van der Waals surface area contributed by atoms with Gasteiger partial charge in [0.2, 0.25) is 0 Å². The molecule has 2 aromatic heterocycles. The van der Waals surface area contributed by atoms with Crippen LogP contribution in [0.2, 0.25) is 0 Å². The Morgan fingerprint density at radius 3 is 1.85 bits per heavy atom. The zero-order valence-electron chi connectivity index (χ0n) is 21.5. The summed E-state index contributed by atoms with van der Waals surface area (Å²) in [5, 5.41) is 13.3. The van der Waals surface area contributed by atoms with E-state index in [-0.39, 0.29) is 0 Å². The van der Waals surface area contributed by atoms with E-state index in [0.717, 1.165) is 16.6 Å². The molecule has 2 heteroatoms. The van der Waals surface area contributed by atoms with E-state index in [1.807, 2.05) is 0 Å². The van der Waals surface area contributed by atoms with E-state index in [9.17, 15) is 0 Å². The molecule has 0 saturated carbocycles. The molecular formula is C38H22OS. The molecule has 0 atom stereocenters. The monoisotopic (exact) mass is 526 g/mol. The molecule has 0 fully saturated rings. The number of hydrogen-bond acceptors (Lipinski definition) is 2. The van der Waals surface area contributed by atoms with Gasteiger partial charge in [-0.2, -0.15) is 0 Å². The van der Waals surface area contributed by atoms with Crippen LogP contribution in [0.1, 0.15) is 0 Å². The second kappa shape index (κ2) is 8.29. The molecule has 0 aliphatic rings. The molecule has 0 N–H and O–H groups in total. The van der Waals surface area contributed by atoms with E-state index < -0.39 is 0 Å². The third-order valence-corrected chi connectivity index (χ3v) is 9.20. The molecule has 9 rings (SSSR count). The number of rotatable bonds is 2. The van der Waals surface area contributed by atoms with Crippen molar-refractivity contribution in [3.63, 3.8) is 0 Å². The molecule has 7 aromatic carbocycles. The Balaban J connectivity index is 1.40. The van der Waals surface area contributed by atoms with Crippen LogP contribution in [0.4, 0.5) is 0 Å². The maximum absolute atomic E-state index is 6.32. The number of hydrogen-bond donors (Lipinski definition) is 0. The van der Waals surface area contributed by atoms with Crippen molar-refractivity contribution in [1.29, 1.82) is 0 Å². The van der Waals surface area contributed by atoms with Crippen LogP contribution < -0.4 is 0 Å². The summed E-state index contributed by atoms with van der Waals surface area (Å²) in [5.74, 6) is 0. The molecule has 40 heavy (non-hydrogen) atoms. The van der Waals surface area contributed by atoms with Crippen LogP contribution in [0.15, 0.2) is 137 Å². The summed E-state index contributed by atoms with van der Waals surface area (Å²) < 4.78 is 7.58. The lowest BCUT2D eigenvalue weighted by Gasteiger charge is -2.18. The zero-order chi connectivity index (χ0) is 26.2. The van der Waals surface area contributed by atoms with E-state index >= 15 is 0 Å². The lowest BCUT2D eigenvalue weighted by Crippen LogP contribution is -1.91. The van der Waals surface area contributed by atoms with Gasteiger partial charge in [-0.3, -0.25) is 0 Å². The number of furan rings is 1. The maximum atomic E-state index is 6.32. The fourth-order valence-electron chi connectivity index (χ4n) is 6.56. The SMILES string of the molecule is c1ccc2c(-c3c4ccccc4c(-c4ccc5oc6cc7sccc7cc6c5c4)c4ccccc34)cccc2c1. The van der Waals surface area contributed by atoms with Gasteiger partial charge in [0.05, 0.1) is 0 Å². The lowest BCUT2D eigenvalue weighted by atomic mass is 9.84. The van der Waals surface area contributed by atoms with Crippen molar-refractivity contribution in [1.82, 2.24) is 0 Å². The highest BCUT2D eigenvalue weighted by molar-refractivity contribution is 7.17. The number of thiophene rings is 1. The van der Waals surface area contributed by atoms with Crippen LogP contribution in [-0.4, -0.2) is 0 Å². The molecule has 186 valence electrons. The van der Waals surface area contributed by atoms with Gasteiger partial charge >= 0.3 is 0 Å². The molecule has 0 amide bonds. The van der Waals surface area contributed by atoms with Crippen LogP contribution in [0.3, 0.4) is 0 Å². The highest BCUT2D eigenvalue weighted by atomic mass is 32.1. The predicted octanol–water partition coefficient (Wildman–Crippen LogP) is 11.6. The molecule has 1 nitrogen and oxygen atoms in total. The summed E-state index contributed by atoms with van der Waals surface area (Å²) in [5.41, 5.74) is 6.91. The van der Waals surface area contributed by atoms with Gasteiger partial charge < -0.3 is 4.42 Å². The van der Waals surface area contributed by atoms with Crippen LogP contribution in [-0.2, 0) is 0 Å². The van der Waals surface area contributed by atoms with Gasteiger partial charge in [-0.05, 0) is 95.7 Å². The van der Waals surface area contributed by atoms with Crippen LogP contribution in [0, 0.1) is 0 Å². The van der Waals surface area contributed by atoms with Crippen molar-refractivity contribution in [2.45, 2.75) is 0 Å². The zero-order valence-corrected chi connectivity index (χ0v) is 22.3. The quantitative estimate of drug-likeness (QED) is 0.204. The normalized spacial score (nSPS) is 12.0. The third kappa shape index (κ3) is 3.08. The summed E-state index contributed by atoms with van der Waals surface area (Å²) in [4.78, 5) is 0. The van der Waals surface area contributed by atoms with Gasteiger partial charge in [0.15, 0.2) is 0 Å². The summed E-state index contributed by atoms with van der Waals surface area (Å²) in [6.45, 7) is 0. The van der Waals surface area contributed by atoms with Crippen LogP contribution in [0.5, 0.6) is 0 Å². The number of benzene rings is 7. The van der Waals surface area contributed by atoms with Crippen molar-refractivity contribution in [3.05, 3.63) is 133 Å². The molecular weight excluding hydrogens is 504 g/mol. The minimum absolute atomic E-state index is 0.928. The van der Waals surface area contributed by atoms with Gasteiger partial charge in [-0.25, -0.2) is 0 Å². The first-order valence-electron chi connectivity index (χ1n) is 13.6. The van der Waals surface area contributed by atoms with Crippen molar-refractivity contribution >= 4 is 75.7 Å². The molecule has 9 aromatic rings. The topological polar surface area (TPSA) is 13.1 Å². The second-order valence-electron chi connectivity index (χ2n) is 10.5. The predicted molar refractivity (Wildman–Crippen MR) is 172 cm³/mol. The smallest absolute Gasteiger partial charge is 0.136 e. The average Bonchev–Trinajstić information content (AvgIpc) is 3.61. The fraction of sp³-hybridized carbons (Fsp3) is 0. The Kier molecular flexibility index (Phi) is 4.55. The molecule has 0 radical (unpaired) electrons. The first-order valence-corrected chi connectivity index (χ1v) is 14.5. The first-order chi connectivity index (χ1) is 19.8. The van der Waals surface area contributed by atoms with E-state index in [0.29, 0.717) is 0 Å². The second-order valence-corrected chi connectivity index (χ2v) is 11.4. The lowest BCUT2D eigenvalue weighted by molar-refractivity contribution is 0.669. The van der Waals surface area contributed by atoms with Gasteiger partial charge in [0.25, 0.3) is 0 Å². The largest absolute Gasteiger partial charge is 0.456 e. The van der Waals surface area contributed by atoms with Gasteiger partial charge in [-0.15, -0.1) is 11.3 Å². The standard InChI is InChI=1S/C38H22OS/c1-2-10-26-23(8-1)9-7-15-27(26)38-30-13-5-3-11-28(30)37(29-12-4-6-14-31(29)38)25-16-17-34-32(21-25)33-20-24-18-19-40-36(24)22-35(33)39-34/h1-22H. The Bertz CT molecular complexity index is 2380. The van der Waals surface area contributed by atoms with Gasteiger partial charge in [0.1, 0.15) is 11.2 Å². The van der Waals surface area contributed by atoms with Gasteiger partial charge in [-0.1, -0.05) is 97.1 Å². The molecule has 0 spiro atoms. The third-order valence-electron chi connectivity index (χ3n) is 8.32. The van der Waals surface area contributed by atoms with Crippen molar-refractivity contribution in [2.24, 2.45) is 0 Å². The Morgan fingerprint density at radius 2 is 1.07 bits per heavy atom. The van der Waals surface area contributed by atoms with Crippen molar-refractivity contribution in [3.8, 4) is 22.3 Å². The molecule has 0 aliphatic heterocycles. The van der Waals surface area contributed by atoms with Crippen LogP contribution in [0.25, 0.3) is 86.6 Å². The van der Waals surface area contributed by atoms with E-state index in [4.69, 9.17) is 4.42 Å². The number of fused-ring (bicyclic) bond motifs is 7. The fourth-order valence-corrected chi connectivity index (χ4v) is 7.36. The first kappa shape index (κ1) is 22.0. The van der Waals surface area contributed by atoms with Crippen molar-refractivity contribution < 1.29 is 4.42 Å². The highest BCUT2D eigenvalue weighted by Crippen LogP contribution is 2.46. The molecule has 0 aliphatic carbocycles. The summed E-state index contributed by atoms with van der Waals surface area (Å²) in [6, 6.07) is 46.4. The summed E-state index contributed by atoms with van der Waals surface area (Å²) >= 11 is 1.75. The minimum Gasteiger partial charge on any atom is -0.456 e. The van der Waals surface area contributed by atoms with Crippen LogP contribution >= 0.6 is 11.3 Å². The molecule has 0 saturated heterocycles. The molecule has 0 unspecified atom stereocenters. The highest BCUT2D eigenvalue weighted by Gasteiger charge is 2.19. The maximum Gasteiger partial charge on any atom is 0.136 e. The Morgan fingerprint density at radius 1 is 0.425 bits per heavy atom. The van der Waals surface area contributed by atoms with Gasteiger partial charge in [0, 0.05) is 15.5 Å². The van der Waals surface area contributed by atoms with E-state index in [1.165, 1.54) is 70.0 Å². The summed E-state index contributed by atoms with van der Waals surface area (Å²) in [7, 11) is 0. The summed E-state index contributed by atoms with van der Waals surface area (Å²) in [6.07, 6.45) is 0.